The van der Waals surface area contributed by atoms with Crippen LogP contribution in [0.1, 0.15) is 52.0 Å². The standard InChI is InChI=1S/C20H21FN2O7S2/c1-3-29-20(26)17-14(11-4-5-11)10-31-18(17)23-16(24)9-30-19(25)13-8-12(6-7-15(13)21)32(27,28)22-2/h6-8,10-11,22H,3-5,9H2,1-2H3,(H,23,24). The lowest BCUT2D eigenvalue weighted by Crippen LogP contribution is -2.23. The Kier molecular flexibility index (Phi) is 7.26. The van der Waals surface area contributed by atoms with E-state index in [0.29, 0.717) is 0 Å². The Morgan fingerprint density at radius 3 is 2.53 bits per heavy atom. The second kappa shape index (κ2) is 9.76. The van der Waals surface area contributed by atoms with Gasteiger partial charge in [-0.15, -0.1) is 11.3 Å². The van der Waals surface area contributed by atoms with Gasteiger partial charge in [0.25, 0.3) is 5.91 Å². The second-order valence-electron chi connectivity index (χ2n) is 6.86. The Balaban J connectivity index is 1.69. The third kappa shape index (κ3) is 5.31. The van der Waals surface area contributed by atoms with E-state index >= 15 is 0 Å². The molecule has 1 aliphatic rings. The number of ether oxygens (including phenoxy) is 2. The molecule has 172 valence electrons. The van der Waals surface area contributed by atoms with E-state index in [1.807, 2.05) is 0 Å². The number of benzene rings is 1. The van der Waals surface area contributed by atoms with Crippen molar-refractivity contribution in [1.82, 2.24) is 4.72 Å². The minimum atomic E-state index is -3.91. The Morgan fingerprint density at radius 1 is 1.19 bits per heavy atom. The number of rotatable bonds is 9. The molecule has 1 amide bonds. The van der Waals surface area contributed by atoms with E-state index in [0.717, 1.165) is 47.9 Å². The normalized spacial score (nSPS) is 13.5. The van der Waals surface area contributed by atoms with Crippen molar-refractivity contribution in [2.24, 2.45) is 0 Å². The minimum Gasteiger partial charge on any atom is -0.462 e. The first-order valence-corrected chi connectivity index (χ1v) is 12.0. The summed E-state index contributed by atoms with van der Waals surface area (Å²) in [6, 6.07) is 2.63. The van der Waals surface area contributed by atoms with Crippen LogP contribution in [-0.2, 0) is 24.3 Å². The Hall–Kier alpha value is -2.83. The molecule has 1 saturated carbocycles. The van der Waals surface area contributed by atoms with Crippen LogP contribution in [0.4, 0.5) is 9.39 Å². The first kappa shape index (κ1) is 23.8. The highest BCUT2D eigenvalue weighted by molar-refractivity contribution is 7.89. The number of carbonyl (C=O) groups is 3. The predicted molar refractivity (Wildman–Crippen MR) is 114 cm³/mol. The number of hydrogen-bond donors (Lipinski definition) is 2. The number of carbonyl (C=O) groups excluding carboxylic acids is 3. The molecule has 32 heavy (non-hydrogen) atoms. The number of sulfonamides is 1. The van der Waals surface area contributed by atoms with Gasteiger partial charge in [0.15, 0.2) is 6.61 Å². The molecule has 1 fully saturated rings. The zero-order chi connectivity index (χ0) is 23.5. The van der Waals surface area contributed by atoms with E-state index in [-0.39, 0.29) is 28.0 Å². The Morgan fingerprint density at radius 2 is 1.91 bits per heavy atom. The molecular formula is C20H21FN2O7S2. The van der Waals surface area contributed by atoms with Crippen molar-refractivity contribution in [3.8, 4) is 0 Å². The molecule has 0 unspecified atom stereocenters. The molecular weight excluding hydrogens is 463 g/mol. The van der Waals surface area contributed by atoms with Crippen molar-refractivity contribution in [1.29, 1.82) is 0 Å². The first-order valence-electron chi connectivity index (χ1n) is 9.66. The summed E-state index contributed by atoms with van der Waals surface area (Å²) in [6.45, 7) is 1.09. The summed E-state index contributed by atoms with van der Waals surface area (Å²) in [5.74, 6) is -3.25. The fraction of sp³-hybridized carbons (Fsp3) is 0.350. The summed E-state index contributed by atoms with van der Waals surface area (Å²) in [6.07, 6.45) is 1.89. The summed E-state index contributed by atoms with van der Waals surface area (Å²) in [7, 11) is -2.74. The monoisotopic (exact) mass is 484 g/mol. The van der Waals surface area contributed by atoms with Crippen LogP contribution in [0.3, 0.4) is 0 Å². The third-order valence-electron chi connectivity index (χ3n) is 4.64. The molecule has 0 atom stereocenters. The SMILES string of the molecule is CCOC(=O)c1c(C2CC2)csc1NC(=O)COC(=O)c1cc(S(=O)(=O)NC)ccc1F. The molecule has 2 N–H and O–H groups in total. The number of amides is 1. The summed E-state index contributed by atoms with van der Waals surface area (Å²) in [5, 5.41) is 4.58. The van der Waals surface area contributed by atoms with Gasteiger partial charge < -0.3 is 14.8 Å². The predicted octanol–water partition coefficient (Wildman–Crippen LogP) is 2.64. The molecule has 12 heteroatoms. The number of esters is 2. The molecule has 0 bridgehead atoms. The highest BCUT2D eigenvalue weighted by Gasteiger charge is 2.32. The zero-order valence-electron chi connectivity index (χ0n) is 17.3. The van der Waals surface area contributed by atoms with Crippen LogP contribution in [0.25, 0.3) is 0 Å². The molecule has 1 aliphatic carbocycles. The maximum absolute atomic E-state index is 14.0. The van der Waals surface area contributed by atoms with Crippen LogP contribution in [0.15, 0.2) is 28.5 Å². The lowest BCUT2D eigenvalue weighted by Gasteiger charge is -2.10. The van der Waals surface area contributed by atoms with Crippen LogP contribution in [0, 0.1) is 5.82 Å². The van der Waals surface area contributed by atoms with Gasteiger partial charge in [-0.1, -0.05) is 0 Å². The molecule has 3 rings (SSSR count). The van der Waals surface area contributed by atoms with Crippen molar-refractivity contribution in [3.63, 3.8) is 0 Å². The van der Waals surface area contributed by atoms with Crippen molar-refractivity contribution < 1.29 is 36.7 Å². The van der Waals surface area contributed by atoms with Crippen molar-refractivity contribution in [2.45, 2.75) is 30.6 Å². The second-order valence-corrected chi connectivity index (χ2v) is 9.63. The van der Waals surface area contributed by atoms with Gasteiger partial charge >= 0.3 is 11.9 Å². The fourth-order valence-corrected chi connectivity index (χ4v) is 4.69. The van der Waals surface area contributed by atoms with E-state index in [4.69, 9.17) is 9.47 Å². The zero-order valence-corrected chi connectivity index (χ0v) is 18.9. The van der Waals surface area contributed by atoms with Gasteiger partial charge in [0.2, 0.25) is 10.0 Å². The van der Waals surface area contributed by atoms with Gasteiger partial charge in [0.05, 0.1) is 22.6 Å². The van der Waals surface area contributed by atoms with Gasteiger partial charge in [-0.05, 0) is 61.9 Å². The van der Waals surface area contributed by atoms with Crippen molar-refractivity contribution in [3.05, 3.63) is 46.1 Å². The molecule has 1 heterocycles. The molecule has 1 aromatic carbocycles. The first-order chi connectivity index (χ1) is 15.2. The molecule has 9 nitrogen and oxygen atoms in total. The smallest absolute Gasteiger partial charge is 0.341 e. The van der Waals surface area contributed by atoms with Gasteiger partial charge in [0.1, 0.15) is 10.8 Å². The Labute approximate surface area is 188 Å². The van der Waals surface area contributed by atoms with Crippen molar-refractivity contribution in [2.75, 3.05) is 25.6 Å². The maximum Gasteiger partial charge on any atom is 0.341 e. The highest BCUT2D eigenvalue weighted by atomic mass is 32.2. The van der Waals surface area contributed by atoms with Crippen molar-refractivity contribution >= 4 is 44.2 Å². The van der Waals surface area contributed by atoms with Gasteiger partial charge in [-0.25, -0.2) is 27.1 Å². The van der Waals surface area contributed by atoms with E-state index in [1.165, 1.54) is 7.05 Å². The summed E-state index contributed by atoms with van der Waals surface area (Å²) in [5.41, 5.74) is 0.467. The summed E-state index contributed by atoms with van der Waals surface area (Å²) >= 11 is 1.16. The van der Waals surface area contributed by atoms with E-state index < -0.39 is 45.9 Å². The highest BCUT2D eigenvalue weighted by Crippen LogP contribution is 2.46. The lowest BCUT2D eigenvalue weighted by atomic mass is 10.1. The molecule has 0 spiro atoms. The number of halogens is 1. The topological polar surface area (TPSA) is 128 Å². The van der Waals surface area contributed by atoms with Crippen LogP contribution in [0.2, 0.25) is 0 Å². The summed E-state index contributed by atoms with van der Waals surface area (Å²) in [4.78, 5) is 36.5. The largest absolute Gasteiger partial charge is 0.462 e. The molecule has 0 radical (unpaired) electrons. The van der Waals surface area contributed by atoms with Crippen LogP contribution in [0.5, 0.6) is 0 Å². The maximum atomic E-state index is 14.0. The number of thiophene rings is 1. The van der Waals surface area contributed by atoms with E-state index in [1.54, 1.807) is 12.3 Å². The minimum absolute atomic E-state index is 0.178. The summed E-state index contributed by atoms with van der Waals surface area (Å²) < 4.78 is 49.7. The molecule has 1 aromatic heterocycles. The fourth-order valence-electron chi connectivity index (χ4n) is 2.89. The molecule has 2 aromatic rings. The van der Waals surface area contributed by atoms with E-state index in [2.05, 4.69) is 10.0 Å². The average Bonchev–Trinajstić information content (AvgIpc) is 3.52. The third-order valence-corrected chi connectivity index (χ3v) is 6.97. The van der Waals surface area contributed by atoms with Gasteiger partial charge in [0, 0.05) is 0 Å². The number of anilines is 1. The quantitative estimate of drug-likeness (QED) is 0.524. The van der Waals surface area contributed by atoms with Gasteiger partial charge in [-0.3, -0.25) is 4.79 Å². The van der Waals surface area contributed by atoms with E-state index in [9.17, 15) is 27.2 Å². The lowest BCUT2D eigenvalue weighted by molar-refractivity contribution is -0.119. The average molecular weight is 485 g/mol. The van der Waals surface area contributed by atoms with Crippen LogP contribution >= 0.6 is 11.3 Å². The molecule has 0 saturated heterocycles. The van der Waals surface area contributed by atoms with Crippen LogP contribution in [-0.4, -0.2) is 46.5 Å². The number of hydrogen-bond acceptors (Lipinski definition) is 8. The van der Waals surface area contributed by atoms with Gasteiger partial charge in [-0.2, -0.15) is 0 Å². The van der Waals surface area contributed by atoms with Crippen LogP contribution < -0.4 is 10.0 Å². The Bertz CT molecular complexity index is 1160. The number of nitrogens with one attached hydrogen (secondary N) is 2. The molecule has 0 aliphatic heterocycles.